The van der Waals surface area contributed by atoms with E-state index in [2.05, 4.69) is 0 Å². The molecule has 2 aromatic carbocycles. The second kappa shape index (κ2) is 9.57. The summed E-state index contributed by atoms with van der Waals surface area (Å²) < 4.78 is 10.7. The van der Waals surface area contributed by atoms with E-state index in [-0.39, 0.29) is 23.1 Å². The molecule has 2 aliphatic rings. The molecule has 1 saturated heterocycles. The lowest BCUT2D eigenvalue weighted by Gasteiger charge is -2.31. The molecule has 4 rings (SSSR count). The van der Waals surface area contributed by atoms with Crippen LogP contribution in [0.25, 0.3) is 5.76 Å². The number of phenols is 1. The number of aliphatic hydroxyl groups is 1. The van der Waals surface area contributed by atoms with Gasteiger partial charge in [-0.1, -0.05) is 25.8 Å². The Hall–Kier alpha value is -3.48. The number of amides is 1. The molecule has 174 valence electrons. The van der Waals surface area contributed by atoms with Gasteiger partial charge in [-0.2, -0.15) is 0 Å². The number of hydrogen-bond donors (Lipinski definition) is 2. The van der Waals surface area contributed by atoms with Gasteiger partial charge < -0.3 is 24.6 Å². The molecule has 1 atom stereocenters. The Labute approximate surface area is 193 Å². The molecule has 2 N–H and O–H groups in total. The normalized spacial score (nSPS) is 20.4. The lowest BCUT2D eigenvalue weighted by molar-refractivity contribution is -0.141. The SMILES string of the molecule is CCCOc1ccc(/C(O)=C2/C(=O)C(=O)N(C3CCCC3)C2c2ccc(OC)c(O)c2)cc1. The van der Waals surface area contributed by atoms with Crippen molar-refractivity contribution in [3.8, 4) is 17.2 Å². The number of ether oxygens (including phenoxy) is 2. The number of nitrogens with zero attached hydrogens (tertiary/aromatic N) is 1. The van der Waals surface area contributed by atoms with Gasteiger partial charge in [0.2, 0.25) is 0 Å². The van der Waals surface area contributed by atoms with Crippen LogP contribution < -0.4 is 9.47 Å². The molecule has 1 saturated carbocycles. The number of hydrogen-bond acceptors (Lipinski definition) is 6. The Morgan fingerprint density at radius 2 is 1.79 bits per heavy atom. The van der Waals surface area contributed by atoms with Crippen molar-refractivity contribution in [2.45, 2.75) is 51.1 Å². The average Bonchev–Trinajstić information content (AvgIpc) is 3.44. The Morgan fingerprint density at radius 3 is 2.39 bits per heavy atom. The molecule has 7 heteroatoms. The van der Waals surface area contributed by atoms with Crippen LogP contribution in [0, 0.1) is 0 Å². The summed E-state index contributed by atoms with van der Waals surface area (Å²) in [5.41, 5.74) is 0.994. The molecule has 0 bridgehead atoms. The fourth-order valence-electron chi connectivity index (χ4n) is 4.70. The molecule has 7 nitrogen and oxygen atoms in total. The van der Waals surface area contributed by atoms with Crippen molar-refractivity contribution in [2.24, 2.45) is 0 Å². The molecule has 0 spiro atoms. The van der Waals surface area contributed by atoms with E-state index in [0.29, 0.717) is 29.2 Å². The van der Waals surface area contributed by atoms with Crippen molar-refractivity contribution < 1.29 is 29.3 Å². The molecule has 1 unspecified atom stereocenters. The van der Waals surface area contributed by atoms with Crippen LogP contribution in [0.4, 0.5) is 0 Å². The maximum Gasteiger partial charge on any atom is 0.295 e. The fourth-order valence-corrected chi connectivity index (χ4v) is 4.70. The van der Waals surface area contributed by atoms with E-state index in [1.54, 1.807) is 41.3 Å². The maximum atomic E-state index is 13.2. The number of aromatic hydroxyl groups is 1. The van der Waals surface area contributed by atoms with Crippen molar-refractivity contribution in [2.75, 3.05) is 13.7 Å². The van der Waals surface area contributed by atoms with Gasteiger partial charge in [0.1, 0.15) is 11.5 Å². The molecule has 1 amide bonds. The monoisotopic (exact) mass is 451 g/mol. The highest BCUT2D eigenvalue weighted by Crippen LogP contribution is 2.45. The summed E-state index contributed by atoms with van der Waals surface area (Å²) in [7, 11) is 1.45. The lowest BCUT2D eigenvalue weighted by atomic mass is 9.94. The molecule has 1 aliphatic carbocycles. The molecule has 2 fully saturated rings. The Balaban J connectivity index is 1.80. The first-order valence-electron chi connectivity index (χ1n) is 11.4. The molecule has 0 aromatic heterocycles. The van der Waals surface area contributed by atoms with Crippen molar-refractivity contribution >= 4 is 17.4 Å². The zero-order valence-corrected chi connectivity index (χ0v) is 18.9. The zero-order chi connectivity index (χ0) is 23.5. The first-order valence-corrected chi connectivity index (χ1v) is 11.4. The van der Waals surface area contributed by atoms with Crippen LogP contribution in [0.3, 0.4) is 0 Å². The molecular formula is C26H29NO6. The maximum absolute atomic E-state index is 13.2. The van der Waals surface area contributed by atoms with Crippen LogP contribution in [-0.2, 0) is 9.59 Å². The lowest BCUT2D eigenvalue weighted by Crippen LogP contribution is -2.37. The summed E-state index contributed by atoms with van der Waals surface area (Å²) in [6, 6.07) is 10.7. The second-order valence-electron chi connectivity index (χ2n) is 8.45. The minimum Gasteiger partial charge on any atom is -0.507 e. The summed E-state index contributed by atoms with van der Waals surface area (Å²) in [6.45, 7) is 2.60. The van der Waals surface area contributed by atoms with Gasteiger partial charge in [0.05, 0.1) is 25.3 Å². The zero-order valence-electron chi connectivity index (χ0n) is 18.9. The van der Waals surface area contributed by atoms with Crippen LogP contribution in [0.2, 0.25) is 0 Å². The Kier molecular flexibility index (Phi) is 6.58. The number of carbonyl (C=O) groups excluding carboxylic acids is 2. The summed E-state index contributed by atoms with van der Waals surface area (Å²) in [5.74, 6) is -0.714. The molecule has 1 heterocycles. The summed E-state index contributed by atoms with van der Waals surface area (Å²) in [4.78, 5) is 27.9. The molecule has 1 aliphatic heterocycles. The van der Waals surface area contributed by atoms with Crippen LogP contribution in [0.15, 0.2) is 48.0 Å². The number of ketones is 1. The van der Waals surface area contributed by atoms with Gasteiger partial charge in [-0.05, 0) is 61.2 Å². The Bertz CT molecular complexity index is 1070. The minimum absolute atomic E-state index is 0.0266. The molecule has 2 aromatic rings. The largest absolute Gasteiger partial charge is 0.507 e. The van der Waals surface area contributed by atoms with Gasteiger partial charge in [-0.25, -0.2) is 0 Å². The smallest absolute Gasteiger partial charge is 0.295 e. The molecule has 33 heavy (non-hydrogen) atoms. The molecular weight excluding hydrogens is 422 g/mol. The number of carbonyl (C=O) groups is 2. The third-order valence-electron chi connectivity index (χ3n) is 6.32. The van der Waals surface area contributed by atoms with E-state index in [1.165, 1.54) is 13.2 Å². The number of aliphatic hydroxyl groups excluding tert-OH is 1. The summed E-state index contributed by atoms with van der Waals surface area (Å²) >= 11 is 0. The second-order valence-corrected chi connectivity index (χ2v) is 8.45. The van der Waals surface area contributed by atoms with Crippen molar-refractivity contribution in [3.05, 3.63) is 59.2 Å². The van der Waals surface area contributed by atoms with Gasteiger partial charge in [-0.15, -0.1) is 0 Å². The Morgan fingerprint density at radius 1 is 1.09 bits per heavy atom. The van der Waals surface area contributed by atoms with E-state index < -0.39 is 17.7 Å². The predicted octanol–water partition coefficient (Wildman–Crippen LogP) is 4.55. The van der Waals surface area contributed by atoms with Crippen molar-refractivity contribution in [3.63, 3.8) is 0 Å². The quantitative estimate of drug-likeness (QED) is 0.364. The van der Waals surface area contributed by atoms with Crippen molar-refractivity contribution in [1.29, 1.82) is 0 Å². The van der Waals surface area contributed by atoms with Crippen molar-refractivity contribution in [1.82, 2.24) is 4.90 Å². The van der Waals surface area contributed by atoms with E-state index in [4.69, 9.17) is 9.47 Å². The van der Waals surface area contributed by atoms with Gasteiger partial charge in [0, 0.05) is 11.6 Å². The highest BCUT2D eigenvalue weighted by atomic mass is 16.5. The fraction of sp³-hybridized carbons (Fsp3) is 0.385. The number of Topliss-reactive ketones (excluding diaryl/α,β-unsaturated/α-hetero) is 1. The van der Waals surface area contributed by atoms with Crippen LogP contribution >= 0.6 is 0 Å². The van der Waals surface area contributed by atoms with E-state index in [9.17, 15) is 19.8 Å². The van der Waals surface area contributed by atoms with Crippen LogP contribution in [-0.4, -0.2) is 46.6 Å². The summed E-state index contributed by atoms with van der Waals surface area (Å²) in [6.07, 6.45) is 4.44. The number of benzene rings is 2. The van der Waals surface area contributed by atoms with Crippen LogP contribution in [0.5, 0.6) is 17.2 Å². The number of rotatable bonds is 7. The van der Waals surface area contributed by atoms with E-state index in [0.717, 1.165) is 32.1 Å². The third-order valence-corrected chi connectivity index (χ3v) is 6.32. The number of methoxy groups -OCH3 is 1. The predicted molar refractivity (Wildman–Crippen MR) is 123 cm³/mol. The van der Waals surface area contributed by atoms with E-state index >= 15 is 0 Å². The topological polar surface area (TPSA) is 96.3 Å². The standard InChI is InChI=1S/C26H29NO6/c1-3-14-33-19-11-8-16(9-12-19)24(29)22-23(17-10-13-21(32-2)20(28)15-17)27(26(31)25(22)30)18-6-4-5-7-18/h8-13,15,18,23,28-29H,3-7,14H2,1-2H3/b24-22-. The van der Waals surface area contributed by atoms with Gasteiger partial charge >= 0.3 is 0 Å². The first-order chi connectivity index (χ1) is 16.0. The average molecular weight is 452 g/mol. The summed E-state index contributed by atoms with van der Waals surface area (Å²) in [5, 5.41) is 21.6. The number of likely N-dealkylation sites (tertiary alicyclic amines) is 1. The van der Waals surface area contributed by atoms with Gasteiger partial charge in [0.15, 0.2) is 11.5 Å². The van der Waals surface area contributed by atoms with Gasteiger partial charge in [-0.3, -0.25) is 9.59 Å². The van der Waals surface area contributed by atoms with Gasteiger partial charge in [0.25, 0.3) is 11.7 Å². The minimum atomic E-state index is -0.791. The first kappa shape index (κ1) is 22.7. The van der Waals surface area contributed by atoms with E-state index in [1.807, 2.05) is 6.92 Å². The molecule has 0 radical (unpaired) electrons. The number of phenolic OH excluding ortho intramolecular Hbond substituents is 1. The third kappa shape index (κ3) is 4.27. The van der Waals surface area contributed by atoms with Crippen LogP contribution in [0.1, 0.15) is 56.2 Å². The highest BCUT2D eigenvalue weighted by Gasteiger charge is 2.49. The highest BCUT2D eigenvalue weighted by molar-refractivity contribution is 6.46.